The fourth-order valence-electron chi connectivity index (χ4n) is 4.39. The number of nitrogens with zero attached hydrogens (tertiary/aromatic N) is 4. The zero-order valence-electron chi connectivity index (χ0n) is 17.4. The number of hydrogen-bond acceptors (Lipinski definition) is 6. The van der Waals surface area contributed by atoms with Crippen molar-refractivity contribution in [1.82, 2.24) is 15.1 Å². The lowest BCUT2D eigenvalue weighted by molar-refractivity contribution is -0.137. The first-order valence-electron chi connectivity index (χ1n) is 10.6. The highest BCUT2D eigenvalue weighted by Crippen LogP contribution is 2.32. The van der Waals surface area contributed by atoms with Crippen molar-refractivity contribution in [2.45, 2.75) is 32.1 Å². The van der Waals surface area contributed by atoms with Gasteiger partial charge in [0.1, 0.15) is 0 Å². The molecule has 2 fully saturated rings. The Morgan fingerprint density at radius 2 is 2.00 bits per heavy atom. The van der Waals surface area contributed by atoms with E-state index < -0.39 is 0 Å². The molecule has 0 N–H and O–H groups in total. The average Bonchev–Trinajstić information content (AvgIpc) is 3.54. The molecule has 0 aliphatic carbocycles. The maximum atomic E-state index is 13.2. The Kier molecular flexibility index (Phi) is 5.31. The van der Waals surface area contributed by atoms with E-state index in [0.717, 1.165) is 29.7 Å². The van der Waals surface area contributed by atoms with Gasteiger partial charge in [-0.05, 0) is 43.3 Å². The number of carbonyl (C=O) groups excluding carboxylic acids is 2. The first-order valence-corrected chi connectivity index (χ1v) is 11.5. The summed E-state index contributed by atoms with van der Waals surface area (Å²) >= 11 is 1.58. The molecule has 31 heavy (non-hydrogen) atoms. The molecule has 2 aliphatic heterocycles. The van der Waals surface area contributed by atoms with Crippen LogP contribution >= 0.6 is 11.3 Å². The molecule has 2 saturated heterocycles. The molecule has 5 rings (SSSR count). The summed E-state index contributed by atoms with van der Waals surface area (Å²) in [5.41, 5.74) is 2.92. The van der Waals surface area contributed by atoms with Gasteiger partial charge in [-0.15, -0.1) is 10.2 Å². The summed E-state index contributed by atoms with van der Waals surface area (Å²) in [4.78, 5) is 29.4. The highest BCUT2D eigenvalue weighted by Gasteiger charge is 2.39. The Morgan fingerprint density at radius 3 is 2.77 bits per heavy atom. The van der Waals surface area contributed by atoms with Gasteiger partial charge < -0.3 is 14.2 Å². The van der Waals surface area contributed by atoms with Crippen molar-refractivity contribution in [3.05, 3.63) is 52.5 Å². The molecule has 2 unspecified atom stereocenters. The number of likely N-dealkylation sites (tertiary alicyclic amines) is 1. The van der Waals surface area contributed by atoms with Gasteiger partial charge >= 0.3 is 0 Å². The van der Waals surface area contributed by atoms with Crippen LogP contribution in [-0.2, 0) is 9.59 Å². The Labute approximate surface area is 184 Å². The van der Waals surface area contributed by atoms with Crippen molar-refractivity contribution >= 4 is 28.8 Å². The molecule has 0 saturated carbocycles. The molecule has 2 aromatic heterocycles. The second kappa shape index (κ2) is 8.26. The molecular weight excluding hydrogens is 412 g/mol. The van der Waals surface area contributed by atoms with E-state index in [1.807, 2.05) is 52.9 Å². The van der Waals surface area contributed by atoms with Gasteiger partial charge in [-0.3, -0.25) is 9.59 Å². The largest absolute Gasteiger partial charge is 0.420 e. The van der Waals surface area contributed by atoms with E-state index >= 15 is 0 Å². The number of thiophene rings is 1. The van der Waals surface area contributed by atoms with Crippen molar-refractivity contribution in [1.29, 1.82) is 0 Å². The Bertz CT molecular complexity index is 1080. The van der Waals surface area contributed by atoms with Crippen LogP contribution in [-0.4, -0.2) is 46.5 Å². The normalized spacial score (nSPS) is 21.6. The zero-order chi connectivity index (χ0) is 21.4. The van der Waals surface area contributed by atoms with Crippen LogP contribution in [0.25, 0.3) is 11.5 Å². The third-order valence-corrected chi connectivity index (χ3v) is 6.79. The lowest BCUT2D eigenvalue weighted by Gasteiger charge is -2.32. The van der Waals surface area contributed by atoms with Crippen molar-refractivity contribution in [2.24, 2.45) is 5.92 Å². The number of aryl methyl sites for hydroxylation is 1. The van der Waals surface area contributed by atoms with E-state index in [2.05, 4.69) is 10.2 Å². The number of rotatable bonds is 4. The smallest absolute Gasteiger partial charge is 0.248 e. The van der Waals surface area contributed by atoms with Crippen LogP contribution in [0.15, 0.2) is 45.5 Å². The molecule has 0 radical (unpaired) electrons. The van der Waals surface area contributed by atoms with E-state index in [0.29, 0.717) is 31.4 Å². The highest BCUT2D eigenvalue weighted by atomic mass is 32.1. The van der Waals surface area contributed by atoms with Gasteiger partial charge in [-0.2, -0.15) is 11.3 Å². The number of anilines is 1. The van der Waals surface area contributed by atoms with Crippen LogP contribution in [0.5, 0.6) is 0 Å². The zero-order valence-corrected chi connectivity index (χ0v) is 18.2. The quantitative estimate of drug-likeness (QED) is 0.620. The van der Waals surface area contributed by atoms with Crippen LogP contribution in [0.1, 0.15) is 36.6 Å². The van der Waals surface area contributed by atoms with Crippen molar-refractivity contribution in [3.8, 4) is 11.5 Å². The summed E-state index contributed by atoms with van der Waals surface area (Å²) in [5, 5.41) is 12.4. The van der Waals surface area contributed by atoms with Crippen LogP contribution in [0.3, 0.4) is 0 Å². The number of benzene rings is 1. The Morgan fingerprint density at radius 1 is 1.16 bits per heavy atom. The Balaban J connectivity index is 1.26. The number of amides is 2. The summed E-state index contributed by atoms with van der Waals surface area (Å²) in [7, 11) is 0. The molecule has 0 bridgehead atoms. The predicted octanol–water partition coefficient (Wildman–Crippen LogP) is 3.87. The van der Waals surface area contributed by atoms with Gasteiger partial charge in [0.05, 0.1) is 11.8 Å². The molecule has 7 nitrogen and oxygen atoms in total. The number of piperidine rings is 1. The van der Waals surface area contributed by atoms with Gasteiger partial charge in [-0.1, -0.05) is 17.7 Å². The van der Waals surface area contributed by atoms with Crippen LogP contribution in [0.2, 0.25) is 0 Å². The van der Waals surface area contributed by atoms with Gasteiger partial charge in [0.25, 0.3) is 0 Å². The van der Waals surface area contributed by atoms with Gasteiger partial charge in [-0.25, -0.2) is 0 Å². The maximum absolute atomic E-state index is 13.2. The first-order chi connectivity index (χ1) is 15.1. The minimum absolute atomic E-state index is 0.00747. The molecule has 8 heteroatoms. The standard InChI is InChI=1S/C23H24N4O3S/c1-15-4-6-19(7-5-15)27-13-18(11-20(27)28)23(29)26-9-2-3-16(12-26)21-24-25-22(30-21)17-8-10-31-14-17/h4-8,10,14,16,18H,2-3,9,11-13H2,1H3. The fourth-order valence-corrected chi connectivity index (χ4v) is 5.02. The fraction of sp³-hybridized carbons (Fsp3) is 0.391. The van der Waals surface area contributed by atoms with Crippen molar-refractivity contribution in [2.75, 3.05) is 24.5 Å². The van der Waals surface area contributed by atoms with E-state index in [9.17, 15) is 9.59 Å². The summed E-state index contributed by atoms with van der Waals surface area (Å²) in [6, 6.07) is 9.81. The number of carbonyl (C=O) groups is 2. The molecule has 0 spiro atoms. The molecule has 2 atom stereocenters. The van der Waals surface area contributed by atoms with Gasteiger partial charge in [0, 0.05) is 42.7 Å². The molecule has 4 heterocycles. The SMILES string of the molecule is Cc1ccc(N2CC(C(=O)N3CCCC(c4nnc(-c5ccsc5)o4)C3)CC2=O)cc1. The molecule has 2 aliphatic rings. The first kappa shape index (κ1) is 19.9. The monoisotopic (exact) mass is 436 g/mol. The van der Waals surface area contributed by atoms with E-state index in [4.69, 9.17) is 4.42 Å². The third-order valence-electron chi connectivity index (χ3n) is 6.11. The molecular formula is C23H24N4O3S. The lowest BCUT2D eigenvalue weighted by atomic mass is 9.96. The maximum Gasteiger partial charge on any atom is 0.248 e. The molecule has 3 aromatic rings. The van der Waals surface area contributed by atoms with Gasteiger partial charge in [0.2, 0.25) is 23.6 Å². The average molecular weight is 437 g/mol. The minimum Gasteiger partial charge on any atom is -0.420 e. The van der Waals surface area contributed by atoms with Crippen LogP contribution < -0.4 is 4.90 Å². The second-order valence-electron chi connectivity index (χ2n) is 8.32. The van der Waals surface area contributed by atoms with Crippen LogP contribution in [0.4, 0.5) is 5.69 Å². The van der Waals surface area contributed by atoms with E-state index in [1.165, 1.54) is 0 Å². The number of hydrogen-bond donors (Lipinski definition) is 0. The second-order valence-corrected chi connectivity index (χ2v) is 9.10. The predicted molar refractivity (Wildman–Crippen MR) is 118 cm³/mol. The summed E-state index contributed by atoms with van der Waals surface area (Å²) in [6.07, 6.45) is 2.06. The third kappa shape index (κ3) is 3.99. The minimum atomic E-state index is -0.309. The summed E-state index contributed by atoms with van der Waals surface area (Å²) < 4.78 is 5.91. The number of aromatic nitrogens is 2. The lowest BCUT2D eigenvalue weighted by Crippen LogP contribution is -2.43. The topological polar surface area (TPSA) is 79.5 Å². The summed E-state index contributed by atoms with van der Waals surface area (Å²) in [5.74, 6) is 0.884. The molecule has 2 amide bonds. The van der Waals surface area contributed by atoms with Crippen LogP contribution in [0, 0.1) is 12.8 Å². The molecule has 160 valence electrons. The summed E-state index contributed by atoms with van der Waals surface area (Å²) in [6.45, 7) is 3.71. The van der Waals surface area contributed by atoms with E-state index in [-0.39, 0.29) is 30.1 Å². The Hall–Kier alpha value is -3.00. The highest BCUT2D eigenvalue weighted by molar-refractivity contribution is 7.08. The van der Waals surface area contributed by atoms with Gasteiger partial charge in [0.15, 0.2) is 0 Å². The van der Waals surface area contributed by atoms with E-state index in [1.54, 1.807) is 16.2 Å². The van der Waals surface area contributed by atoms with Crippen molar-refractivity contribution in [3.63, 3.8) is 0 Å². The van der Waals surface area contributed by atoms with Crippen molar-refractivity contribution < 1.29 is 14.0 Å². The molecule has 1 aromatic carbocycles.